The van der Waals surface area contributed by atoms with Crippen molar-refractivity contribution in [2.45, 2.75) is 0 Å². The molecule has 1 N–H and O–H groups in total. The second-order valence-corrected chi connectivity index (χ2v) is 4.43. The molecule has 0 spiro atoms. The van der Waals surface area contributed by atoms with E-state index in [0.29, 0.717) is 15.4 Å². The molecule has 0 aliphatic rings. The van der Waals surface area contributed by atoms with Crippen LogP contribution in [0, 0.1) is 11.3 Å². The first kappa shape index (κ1) is 12.5. The lowest BCUT2D eigenvalue weighted by molar-refractivity contribution is 0.322. The van der Waals surface area contributed by atoms with E-state index in [4.69, 9.17) is 22.1 Å². The van der Waals surface area contributed by atoms with Gasteiger partial charge in [0.2, 0.25) is 0 Å². The Labute approximate surface area is 102 Å². The molecular weight excluding hydrogens is 248 g/mol. The largest absolute Gasteiger partial charge is 0.411 e. The van der Waals surface area contributed by atoms with Crippen LogP contribution in [0.1, 0.15) is 10.4 Å². The predicted octanol–water partition coefficient (Wildman–Crippen LogP) is 2.30. The summed E-state index contributed by atoms with van der Waals surface area (Å²) >= 11 is 7.11. The molecule has 0 saturated carbocycles. The zero-order valence-corrected chi connectivity index (χ0v) is 10.2. The lowest BCUT2D eigenvalue weighted by Crippen LogP contribution is -2.06. The Morgan fingerprint density at radius 2 is 2.25 bits per heavy atom. The van der Waals surface area contributed by atoms with E-state index in [2.05, 4.69) is 10.1 Å². The third-order valence-corrected chi connectivity index (χ3v) is 3.09. The highest BCUT2D eigenvalue weighted by Crippen LogP contribution is 2.37. The van der Waals surface area contributed by atoms with Crippen LogP contribution in [0.15, 0.2) is 10.1 Å². The summed E-state index contributed by atoms with van der Waals surface area (Å²) in [7, 11) is 3.64. The summed E-state index contributed by atoms with van der Waals surface area (Å²) in [4.78, 5) is 6.36. The fourth-order valence-electron chi connectivity index (χ4n) is 0.908. The first-order valence-corrected chi connectivity index (χ1v) is 5.40. The number of hydrogen-bond acceptors (Lipinski definition) is 5. The van der Waals surface area contributed by atoms with Gasteiger partial charge in [-0.25, -0.2) is 4.99 Å². The molecule has 0 radical (unpaired) electrons. The van der Waals surface area contributed by atoms with Gasteiger partial charge in [-0.1, -0.05) is 16.8 Å². The number of hydrogen-bond donors (Lipinski definition) is 1. The monoisotopic (exact) mass is 256 g/mol. The van der Waals surface area contributed by atoms with Crippen LogP contribution in [0.3, 0.4) is 0 Å². The molecule has 0 aliphatic heterocycles. The van der Waals surface area contributed by atoms with Gasteiger partial charge in [-0.05, 0) is 0 Å². The van der Waals surface area contributed by atoms with E-state index in [1.54, 1.807) is 11.2 Å². The Kier molecular flexibility index (Phi) is 4.28. The average molecular weight is 257 g/mol. The second-order valence-electron chi connectivity index (χ2n) is 3.03. The zero-order valence-electron chi connectivity index (χ0n) is 8.68. The van der Waals surface area contributed by atoms with Crippen molar-refractivity contribution < 1.29 is 5.21 Å². The molecule has 1 aromatic rings. The van der Waals surface area contributed by atoms with Crippen molar-refractivity contribution in [1.29, 1.82) is 5.26 Å². The number of rotatable bonds is 3. The average Bonchev–Trinajstić information content (AvgIpc) is 2.53. The van der Waals surface area contributed by atoms with Gasteiger partial charge in [0.15, 0.2) is 0 Å². The van der Waals surface area contributed by atoms with Gasteiger partial charge in [0.25, 0.3) is 0 Å². The molecule has 1 heterocycles. The highest BCUT2D eigenvalue weighted by Gasteiger charge is 2.14. The molecule has 1 rings (SSSR count). The minimum Gasteiger partial charge on any atom is -0.411 e. The molecule has 1 aromatic heterocycles. The van der Waals surface area contributed by atoms with E-state index in [0.717, 1.165) is 0 Å². The third-order valence-electron chi connectivity index (χ3n) is 1.55. The van der Waals surface area contributed by atoms with E-state index >= 15 is 0 Å². The van der Waals surface area contributed by atoms with Crippen LogP contribution in [0.5, 0.6) is 0 Å². The van der Waals surface area contributed by atoms with Crippen LogP contribution in [-0.4, -0.2) is 36.8 Å². The zero-order chi connectivity index (χ0) is 12.1. The molecule has 84 valence electrons. The van der Waals surface area contributed by atoms with Crippen molar-refractivity contribution in [3.05, 3.63) is 15.5 Å². The van der Waals surface area contributed by atoms with E-state index in [1.165, 1.54) is 17.6 Å². The topological polar surface area (TPSA) is 72.0 Å². The number of thiophene rings is 1. The Balaban J connectivity index is 3.20. The van der Waals surface area contributed by atoms with Gasteiger partial charge in [-0.3, -0.25) is 0 Å². The van der Waals surface area contributed by atoms with Crippen LogP contribution in [0.25, 0.3) is 0 Å². The summed E-state index contributed by atoms with van der Waals surface area (Å²) in [5.41, 5.74) is 0.291. The first-order valence-electron chi connectivity index (χ1n) is 4.20. The molecule has 5 nitrogen and oxygen atoms in total. The Morgan fingerprint density at radius 1 is 1.56 bits per heavy atom. The standard InChI is InChI=1S/C9H9ClN4OS/c1-14(2)5-12-9-6(3-11)8(10)7(16-9)4-13-15/h4-5,15H,1-2H3/b12-5+,13-4+. The molecule has 16 heavy (non-hydrogen) atoms. The molecule has 0 unspecified atom stereocenters. The smallest absolute Gasteiger partial charge is 0.137 e. The predicted molar refractivity (Wildman–Crippen MR) is 65.3 cm³/mol. The van der Waals surface area contributed by atoms with Gasteiger partial charge in [-0.15, -0.1) is 11.3 Å². The molecule has 0 bridgehead atoms. The van der Waals surface area contributed by atoms with Gasteiger partial charge >= 0.3 is 0 Å². The quantitative estimate of drug-likeness (QED) is 0.390. The first-order chi connectivity index (χ1) is 7.60. The van der Waals surface area contributed by atoms with Crippen molar-refractivity contribution >= 4 is 40.5 Å². The van der Waals surface area contributed by atoms with Crippen molar-refractivity contribution in [2.24, 2.45) is 10.1 Å². The maximum absolute atomic E-state index is 8.92. The number of nitriles is 1. The van der Waals surface area contributed by atoms with Crippen LogP contribution in [-0.2, 0) is 0 Å². The molecule has 7 heteroatoms. The third kappa shape index (κ3) is 2.72. The second kappa shape index (κ2) is 5.49. The fourth-order valence-corrected chi connectivity index (χ4v) is 2.11. The van der Waals surface area contributed by atoms with Crippen LogP contribution in [0.2, 0.25) is 5.02 Å². The Bertz CT molecular complexity index is 473. The summed E-state index contributed by atoms with van der Waals surface area (Å²) in [5, 5.41) is 21.0. The normalized spacial score (nSPS) is 11.1. The lowest BCUT2D eigenvalue weighted by atomic mass is 10.3. The van der Waals surface area contributed by atoms with E-state index in [9.17, 15) is 0 Å². The van der Waals surface area contributed by atoms with Gasteiger partial charge in [-0.2, -0.15) is 5.26 Å². The summed E-state index contributed by atoms with van der Waals surface area (Å²) < 4.78 is 0. The summed E-state index contributed by atoms with van der Waals surface area (Å²) in [5.74, 6) is 0. The molecule has 0 aromatic carbocycles. The molecule has 0 atom stereocenters. The van der Waals surface area contributed by atoms with E-state index in [-0.39, 0.29) is 5.02 Å². The van der Waals surface area contributed by atoms with Crippen molar-refractivity contribution in [3.8, 4) is 6.07 Å². The van der Waals surface area contributed by atoms with Crippen molar-refractivity contribution in [3.63, 3.8) is 0 Å². The molecule has 0 aliphatic carbocycles. The molecule has 0 saturated heterocycles. The van der Waals surface area contributed by atoms with E-state index < -0.39 is 0 Å². The van der Waals surface area contributed by atoms with Gasteiger partial charge in [0.1, 0.15) is 16.6 Å². The summed E-state index contributed by atoms with van der Waals surface area (Å²) in [6.07, 6.45) is 2.76. The van der Waals surface area contributed by atoms with E-state index in [1.807, 2.05) is 20.2 Å². The minimum absolute atomic E-state index is 0.260. The molecule has 0 fully saturated rings. The SMILES string of the molecule is CN(C)/C=N/c1sc(/C=N/O)c(Cl)c1C#N. The highest BCUT2D eigenvalue weighted by atomic mass is 35.5. The fraction of sp³-hybridized carbons (Fsp3) is 0.222. The van der Waals surface area contributed by atoms with Crippen LogP contribution in [0.4, 0.5) is 5.00 Å². The highest BCUT2D eigenvalue weighted by molar-refractivity contribution is 7.18. The number of aliphatic imine (C=N–C) groups is 1. The number of nitrogens with zero attached hydrogens (tertiary/aromatic N) is 4. The minimum atomic E-state index is 0.260. The summed E-state index contributed by atoms with van der Waals surface area (Å²) in [6, 6.07) is 1.97. The maximum Gasteiger partial charge on any atom is 0.137 e. The number of halogens is 1. The Morgan fingerprint density at radius 3 is 2.75 bits per heavy atom. The van der Waals surface area contributed by atoms with Gasteiger partial charge < -0.3 is 10.1 Å². The Hall–Kier alpha value is -1.58. The molecule has 0 amide bonds. The maximum atomic E-state index is 8.92. The lowest BCUT2D eigenvalue weighted by Gasteiger charge is -2.00. The van der Waals surface area contributed by atoms with Crippen LogP contribution < -0.4 is 0 Å². The van der Waals surface area contributed by atoms with Crippen molar-refractivity contribution in [2.75, 3.05) is 14.1 Å². The van der Waals surface area contributed by atoms with Gasteiger partial charge in [0, 0.05) is 14.1 Å². The van der Waals surface area contributed by atoms with Crippen LogP contribution >= 0.6 is 22.9 Å². The van der Waals surface area contributed by atoms with Crippen molar-refractivity contribution in [1.82, 2.24) is 4.90 Å². The molecular formula is C9H9ClN4OS. The number of oxime groups is 1. The summed E-state index contributed by atoms with van der Waals surface area (Å²) in [6.45, 7) is 0. The van der Waals surface area contributed by atoms with Gasteiger partial charge in [0.05, 0.1) is 22.5 Å².